The molecular formula is C13H18N4O4. The van der Waals surface area contributed by atoms with E-state index >= 15 is 0 Å². The van der Waals surface area contributed by atoms with Gasteiger partial charge < -0.3 is 9.30 Å². The van der Waals surface area contributed by atoms with Crippen molar-refractivity contribution in [2.75, 3.05) is 7.11 Å². The number of hydrogen-bond acceptors (Lipinski definition) is 5. The van der Waals surface area contributed by atoms with E-state index in [2.05, 4.69) is 14.7 Å². The lowest BCUT2D eigenvalue weighted by molar-refractivity contribution is -0.140. The van der Waals surface area contributed by atoms with Gasteiger partial charge in [0.05, 0.1) is 7.11 Å². The van der Waals surface area contributed by atoms with Crippen molar-refractivity contribution in [3.8, 4) is 0 Å². The van der Waals surface area contributed by atoms with Gasteiger partial charge in [-0.25, -0.2) is 9.78 Å². The second-order valence-electron chi connectivity index (χ2n) is 4.83. The molecule has 0 saturated carbocycles. The van der Waals surface area contributed by atoms with Crippen LogP contribution in [0.15, 0.2) is 9.59 Å². The van der Waals surface area contributed by atoms with E-state index < -0.39 is 11.2 Å². The van der Waals surface area contributed by atoms with Crippen LogP contribution in [0, 0.1) is 6.92 Å². The fraction of sp³-hybridized carbons (Fsp3) is 0.538. The smallest absolute Gasteiger partial charge is 0.329 e. The second-order valence-corrected chi connectivity index (χ2v) is 4.83. The summed E-state index contributed by atoms with van der Waals surface area (Å²) in [4.78, 5) is 41.1. The first-order chi connectivity index (χ1) is 9.95. The van der Waals surface area contributed by atoms with Gasteiger partial charge in [0.15, 0.2) is 11.2 Å². The number of unbranched alkanes of at least 4 members (excludes halogenated alkanes) is 1. The van der Waals surface area contributed by atoms with E-state index in [1.165, 1.54) is 11.7 Å². The van der Waals surface area contributed by atoms with Crippen LogP contribution in [-0.2, 0) is 23.1 Å². The molecule has 0 spiro atoms. The monoisotopic (exact) mass is 294 g/mol. The minimum Gasteiger partial charge on any atom is -0.469 e. The van der Waals surface area contributed by atoms with Crippen LogP contribution in [0.3, 0.4) is 0 Å². The average molecular weight is 294 g/mol. The number of nitrogens with one attached hydrogen (secondary N) is 1. The van der Waals surface area contributed by atoms with Crippen LogP contribution in [0.2, 0.25) is 0 Å². The highest BCUT2D eigenvalue weighted by atomic mass is 16.5. The van der Waals surface area contributed by atoms with Gasteiger partial charge >= 0.3 is 11.7 Å². The normalized spacial score (nSPS) is 11.0. The molecule has 2 heterocycles. The van der Waals surface area contributed by atoms with Gasteiger partial charge in [-0.1, -0.05) is 0 Å². The summed E-state index contributed by atoms with van der Waals surface area (Å²) < 4.78 is 7.66. The minimum atomic E-state index is -0.483. The Bertz CT molecular complexity index is 784. The summed E-state index contributed by atoms with van der Waals surface area (Å²) in [5.41, 5.74) is -0.175. The van der Waals surface area contributed by atoms with Gasteiger partial charge in [-0.05, 0) is 19.8 Å². The Morgan fingerprint density at radius 3 is 2.71 bits per heavy atom. The number of aromatic nitrogens is 4. The van der Waals surface area contributed by atoms with E-state index in [0.29, 0.717) is 42.8 Å². The molecule has 0 aliphatic heterocycles. The number of fused-ring (bicyclic) bond motifs is 1. The van der Waals surface area contributed by atoms with Crippen molar-refractivity contribution in [1.29, 1.82) is 0 Å². The van der Waals surface area contributed by atoms with Crippen LogP contribution in [0.1, 0.15) is 25.1 Å². The predicted octanol–water partition coefficient (Wildman–Crippen LogP) is 0.0750. The standard InChI is InChI=1S/C13H18N4O4/c1-8-14-11-10(12(19)15-13(20)16(11)2)17(8)7-5-4-6-9(18)21-3/h4-7H2,1-3H3,(H,15,19,20). The molecule has 8 nitrogen and oxygen atoms in total. The number of imidazole rings is 1. The van der Waals surface area contributed by atoms with Gasteiger partial charge in [-0.15, -0.1) is 0 Å². The molecule has 2 rings (SSSR count). The zero-order valence-electron chi connectivity index (χ0n) is 12.3. The first-order valence-electron chi connectivity index (χ1n) is 6.68. The fourth-order valence-corrected chi connectivity index (χ4v) is 2.26. The summed E-state index contributed by atoms with van der Waals surface area (Å²) in [5.74, 6) is 0.414. The largest absolute Gasteiger partial charge is 0.469 e. The van der Waals surface area contributed by atoms with Gasteiger partial charge in [-0.2, -0.15) is 0 Å². The fourth-order valence-electron chi connectivity index (χ4n) is 2.26. The van der Waals surface area contributed by atoms with Crippen molar-refractivity contribution in [2.24, 2.45) is 7.05 Å². The number of carbonyl (C=O) groups is 1. The Labute approximate surface area is 120 Å². The minimum absolute atomic E-state index is 0.248. The highest BCUT2D eigenvalue weighted by molar-refractivity contribution is 5.70. The van der Waals surface area contributed by atoms with Gasteiger partial charge in [-0.3, -0.25) is 19.1 Å². The van der Waals surface area contributed by atoms with Gasteiger partial charge in [0.25, 0.3) is 5.56 Å². The highest BCUT2D eigenvalue weighted by Gasteiger charge is 2.14. The Balaban J connectivity index is 2.27. The van der Waals surface area contributed by atoms with Crippen LogP contribution in [0.25, 0.3) is 11.2 Å². The van der Waals surface area contributed by atoms with E-state index in [9.17, 15) is 14.4 Å². The average Bonchev–Trinajstić information content (AvgIpc) is 2.78. The van der Waals surface area contributed by atoms with Crippen molar-refractivity contribution in [3.05, 3.63) is 26.7 Å². The van der Waals surface area contributed by atoms with Crippen molar-refractivity contribution in [3.63, 3.8) is 0 Å². The van der Waals surface area contributed by atoms with E-state index in [1.54, 1.807) is 18.5 Å². The highest BCUT2D eigenvalue weighted by Crippen LogP contribution is 2.11. The van der Waals surface area contributed by atoms with Crippen molar-refractivity contribution in [1.82, 2.24) is 19.1 Å². The zero-order chi connectivity index (χ0) is 15.6. The molecule has 21 heavy (non-hydrogen) atoms. The van der Waals surface area contributed by atoms with E-state index in [4.69, 9.17) is 0 Å². The van der Waals surface area contributed by atoms with E-state index in [0.717, 1.165) is 0 Å². The lowest BCUT2D eigenvalue weighted by Gasteiger charge is -2.06. The molecule has 2 aromatic rings. The van der Waals surface area contributed by atoms with Crippen molar-refractivity contribution >= 4 is 17.1 Å². The molecule has 8 heteroatoms. The van der Waals surface area contributed by atoms with Gasteiger partial charge in [0.1, 0.15) is 5.82 Å². The molecule has 0 aliphatic rings. The molecule has 0 atom stereocenters. The number of nitrogens with zero attached hydrogens (tertiary/aromatic N) is 3. The Hall–Kier alpha value is -2.38. The molecule has 114 valence electrons. The molecule has 0 aliphatic carbocycles. The van der Waals surface area contributed by atoms with Crippen LogP contribution in [0.4, 0.5) is 0 Å². The topological polar surface area (TPSA) is 99.0 Å². The van der Waals surface area contributed by atoms with E-state index in [1.807, 2.05) is 0 Å². The summed E-state index contributed by atoms with van der Waals surface area (Å²) in [7, 11) is 2.92. The van der Waals surface area contributed by atoms with Crippen LogP contribution in [0.5, 0.6) is 0 Å². The number of aromatic amines is 1. The molecular weight excluding hydrogens is 276 g/mol. The maximum Gasteiger partial charge on any atom is 0.329 e. The first kappa shape index (κ1) is 15.0. The molecule has 0 radical (unpaired) electrons. The predicted molar refractivity (Wildman–Crippen MR) is 76.2 cm³/mol. The molecule has 0 saturated heterocycles. The Morgan fingerprint density at radius 2 is 2.05 bits per heavy atom. The molecule has 0 bridgehead atoms. The van der Waals surface area contributed by atoms with Crippen LogP contribution < -0.4 is 11.2 Å². The van der Waals surface area contributed by atoms with Crippen molar-refractivity contribution in [2.45, 2.75) is 32.7 Å². The zero-order valence-corrected chi connectivity index (χ0v) is 12.3. The summed E-state index contributed by atoms with van der Waals surface area (Å²) in [6, 6.07) is 0. The molecule has 1 N–H and O–H groups in total. The summed E-state index contributed by atoms with van der Waals surface area (Å²) in [6.45, 7) is 2.34. The third-order valence-corrected chi connectivity index (χ3v) is 3.44. The quantitative estimate of drug-likeness (QED) is 0.621. The second kappa shape index (κ2) is 5.94. The Morgan fingerprint density at radius 1 is 1.33 bits per heavy atom. The molecule has 0 fully saturated rings. The maximum atomic E-state index is 12.0. The maximum absolute atomic E-state index is 12.0. The van der Waals surface area contributed by atoms with E-state index in [-0.39, 0.29) is 5.97 Å². The van der Waals surface area contributed by atoms with Gasteiger partial charge in [0, 0.05) is 20.0 Å². The summed E-state index contributed by atoms with van der Waals surface area (Å²) in [6.07, 6.45) is 1.72. The lowest BCUT2D eigenvalue weighted by Crippen LogP contribution is -2.29. The molecule has 2 aromatic heterocycles. The summed E-state index contributed by atoms with van der Waals surface area (Å²) >= 11 is 0. The number of ether oxygens (including phenoxy) is 1. The van der Waals surface area contributed by atoms with Crippen LogP contribution >= 0.6 is 0 Å². The third-order valence-electron chi connectivity index (χ3n) is 3.44. The SMILES string of the molecule is COC(=O)CCCCn1c(C)nc2c1c(=O)[nH]c(=O)n2C. The number of rotatable bonds is 5. The number of methoxy groups -OCH3 is 1. The number of aryl methyl sites for hydroxylation is 3. The Kier molecular flexibility index (Phi) is 4.25. The van der Waals surface area contributed by atoms with Crippen LogP contribution in [-0.4, -0.2) is 32.2 Å². The molecule has 0 amide bonds. The third kappa shape index (κ3) is 2.88. The summed E-state index contributed by atoms with van der Waals surface area (Å²) in [5, 5.41) is 0. The van der Waals surface area contributed by atoms with Gasteiger partial charge in [0.2, 0.25) is 0 Å². The lowest BCUT2D eigenvalue weighted by atomic mass is 10.2. The first-order valence-corrected chi connectivity index (χ1v) is 6.68. The number of H-pyrrole nitrogens is 1. The van der Waals surface area contributed by atoms with Crippen molar-refractivity contribution < 1.29 is 9.53 Å². The molecule has 0 aromatic carbocycles. The number of hydrogen-bond donors (Lipinski definition) is 1. The molecule has 0 unspecified atom stereocenters. The number of esters is 1. The number of carbonyl (C=O) groups excluding carboxylic acids is 1.